The van der Waals surface area contributed by atoms with Crippen LogP contribution in [-0.2, 0) is 11.4 Å². The standard InChI is InChI=1S/C22H23N5O2S/c1-15-7-8-18(16(2)13-15)26-20(28)17-5-3-4-6-19(17)27-21(26)23-25(22(27)30)14-24-9-11-29-12-10-24/h3-8,13H,9-12,14H2,1-2H3/p+1. The molecule has 1 N–H and O–H groups in total. The first-order valence-corrected chi connectivity index (χ1v) is 10.6. The average molecular weight is 423 g/mol. The van der Waals surface area contributed by atoms with Crippen molar-refractivity contribution in [2.24, 2.45) is 0 Å². The van der Waals surface area contributed by atoms with Crippen molar-refractivity contribution in [1.29, 1.82) is 0 Å². The maximum atomic E-state index is 13.5. The van der Waals surface area contributed by atoms with Gasteiger partial charge in [0.05, 0.1) is 29.8 Å². The van der Waals surface area contributed by atoms with Gasteiger partial charge < -0.3 is 9.64 Å². The zero-order valence-corrected chi connectivity index (χ0v) is 17.9. The lowest BCUT2D eigenvalue weighted by atomic mass is 10.1. The van der Waals surface area contributed by atoms with Crippen molar-refractivity contribution in [3.8, 4) is 5.69 Å². The molecule has 0 unspecified atom stereocenters. The molecular formula is C22H24N5O2S+. The van der Waals surface area contributed by atoms with Gasteiger partial charge >= 0.3 is 0 Å². The van der Waals surface area contributed by atoms with Crippen LogP contribution in [0.4, 0.5) is 0 Å². The lowest BCUT2D eigenvalue weighted by Crippen LogP contribution is -3.13. The van der Waals surface area contributed by atoms with Gasteiger partial charge in [-0.1, -0.05) is 29.8 Å². The second-order valence-corrected chi connectivity index (χ2v) is 8.25. The minimum atomic E-state index is -0.0871. The molecule has 1 fully saturated rings. The van der Waals surface area contributed by atoms with Crippen molar-refractivity contribution in [1.82, 2.24) is 18.7 Å². The van der Waals surface area contributed by atoms with Crippen LogP contribution in [0.1, 0.15) is 11.1 Å². The number of hydrogen-bond acceptors (Lipinski definition) is 4. The molecule has 0 atom stereocenters. The van der Waals surface area contributed by atoms with Gasteiger partial charge in [0.15, 0.2) is 6.67 Å². The average Bonchev–Trinajstić information content (AvgIpc) is 3.06. The van der Waals surface area contributed by atoms with Crippen LogP contribution in [0.15, 0.2) is 47.3 Å². The fourth-order valence-corrected chi connectivity index (χ4v) is 4.50. The van der Waals surface area contributed by atoms with Crippen LogP contribution < -0.4 is 10.5 Å². The lowest BCUT2D eigenvalue weighted by molar-refractivity contribution is -0.930. The number of hydrogen-bond donors (Lipinski definition) is 1. The summed E-state index contributed by atoms with van der Waals surface area (Å²) in [6, 6.07) is 13.7. The Morgan fingerprint density at radius 2 is 1.90 bits per heavy atom. The third-order valence-electron chi connectivity index (χ3n) is 5.77. The third kappa shape index (κ3) is 3.08. The molecule has 1 aliphatic rings. The number of benzene rings is 2. The van der Waals surface area contributed by atoms with Crippen molar-refractivity contribution < 1.29 is 9.64 Å². The summed E-state index contributed by atoms with van der Waals surface area (Å²) in [7, 11) is 0. The van der Waals surface area contributed by atoms with Gasteiger partial charge in [0, 0.05) is 0 Å². The Hall–Kier alpha value is -2.81. The smallest absolute Gasteiger partial charge is 0.267 e. The van der Waals surface area contributed by atoms with Gasteiger partial charge in [-0.3, -0.25) is 9.20 Å². The molecule has 0 spiro atoms. The first kappa shape index (κ1) is 19.2. The van der Waals surface area contributed by atoms with Crippen LogP contribution in [0.5, 0.6) is 0 Å². The maximum absolute atomic E-state index is 13.5. The minimum absolute atomic E-state index is 0.0871. The zero-order valence-electron chi connectivity index (χ0n) is 17.1. The largest absolute Gasteiger partial charge is 0.370 e. The van der Waals surface area contributed by atoms with Crippen molar-refractivity contribution >= 4 is 28.9 Å². The number of nitrogens with zero attached hydrogens (tertiary/aromatic N) is 4. The molecule has 0 bridgehead atoms. The molecule has 0 radical (unpaired) electrons. The van der Waals surface area contributed by atoms with Crippen LogP contribution in [0.25, 0.3) is 22.4 Å². The topological polar surface area (TPSA) is 57.9 Å². The highest BCUT2D eigenvalue weighted by Crippen LogP contribution is 2.20. The molecule has 0 saturated carbocycles. The van der Waals surface area contributed by atoms with E-state index in [1.165, 1.54) is 4.90 Å². The van der Waals surface area contributed by atoms with Gasteiger partial charge in [0.1, 0.15) is 13.1 Å². The highest BCUT2D eigenvalue weighted by Gasteiger charge is 2.21. The molecule has 5 rings (SSSR count). The van der Waals surface area contributed by atoms with E-state index >= 15 is 0 Å². The van der Waals surface area contributed by atoms with E-state index in [9.17, 15) is 4.79 Å². The van der Waals surface area contributed by atoms with Crippen molar-refractivity contribution in [3.63, 3.8) is 0 Å². The first-order valence-electron chi connectivity index (χ1n) is 10.2. The summed E-state index contributed by atoms with van der Waals surface area (Å²) in [6.07, 6.45) is 0. The number of rotatable bonds is 3. The number of aromatic nitrogens is 4. The van der Waals surface area contributed by atoms with E-state index in [1.54, 1.807) is 4.57 Å². The SMILES string of the molecule is Cc1ccc(-n2c(=O)c3ccccc3n3c(=S)n(C[NH+]4CCOCC4)nc23)c(C)c1. The van der Waals surface area contributed by atoms with E-state index in [2.05, 4.69) is 6.07 Å². The Morgan fingerprint density at radius 3 is 2.67 bits per heavy atom. The van der Waals surface area contributed by atoms with Crippen LogP contribution in [0, 0.1) is 18.6 Å². The Bertz CT molecular complexity index is 1380. The molecular weight excluding hydrogens is 398 g/mol. The van der Waals surface area contributed by atoms with Gasteiger partial charge in [0.25, 0.3) is 5.56 Å². The molecule has 154 valence electrons. The van der Waals surface area contributed by atoms with E-state index in [1.807, 2.05) is 59.3 Å². The molecule has 0 aliphatic carbocycles. The normalized spacial score (nSPS) is 15.3. The van der Waals surface area contributed by atoms with Crippen LogP contribution in [0.3, 0.4) is 0 Å². The van der Waals surface area contributed by atoms with Gasteiger partial charge in [-0.25, -0.2) is 4.57 Å². The second-order valence-electron chi connectivity index (χ2n) is 7.89. The monoisotopic (exact) mass is 422 g/mol. The number of morpholine rings is 1. The van der Waals surface area contributed by atoms with Crippen molar-refractivity contribution in [2.45, 2.75) is 20.5 Å². The number of fused-ring (bicyclic) bond motifs is 3. The minimum Gasteiger partial charge on any atom is -0.370 e. The highest BCUT2D eigenvalue weighted by molar-refractivity contribution is 7.71. The second kappa shape index (κ2) is 7.46. The molecule has 7 nitrogen and oxygen atoms in total. The highest BCUT2D eigenvalue weighted by atomic mass is 32.1. The van der Waals surface area contributed by atoms with Crippen LogP contribution in [0.2, 0.25) is 0 Å². The Labute approximate surface area is 178 Å². The predicted molar refractivity (Wildman–Crippen MR) is 118 cm³/mol. The summed E-state index contributed by atoms with van der Waals surface area (Å²) in [5.74, 6) is 0.545. The number of quaternary nitrogens is 1. The van der Waals surface area contributed by atoms with E-state index in [4.69, 9.17) is 22.1 Å². The summed E-state index contributed by atoms with van der Waals surface area (Å²) in [6.45, 7) is 8.04. The maximum Gasteiger partial charge on any atom is 0.267 e. The van der Waals surface area contributed by atoms with E-state index in [0.717, 1.165) is 48.6 Å². The number of nitrogens with one attached hydrogen (secondary N) is 1. The van der Waals surface area contributed by atoms with Crippen LogP contribution >= 0.6 is 12.2 Å². The van der Waals surface area contributed by atoms with Crippen molar-refractivity contribution in [3.05, 3.63) is 68.7 Å². The third-order valence-corrected chi connectivity index (χ3v) is 6.16. The molecule has 4 aromatic rings. The Balaban J connectivity index is 1.82. The summed E-state index contributed by atoms with van der Waals surface area (Å²) < 4.78 is 11.5. The zero-order chi connectivity index (χ0) is 20.8. The number of aryl methyl sites for hydroxylation is 2. The summed E-state index contributed by atoms with van der Waals surface area (Å²) in [5, 5.41) is 5.46. The van der Waals surface area contributed by atoms with E-state index in [0.29, 0.717) is 22.6 Å². The summed E-state index contributed by atoms with van der Waals surface area (Å²) >= 11 is 5.83. The van der Waals surface area contributed by atoms with E-state index < -0.39 is 0 Å². The summed E-state index contributed by atoms with van der Waals surface area (Å²) in [4.78, 5) is 14.9. The van der Waals surface area contributed by atoms with Crippen LogP contribution in [-0.4, -0.2) is 45.1 Å². The summed E-state index contributed by atoms with van der Waals surface area (Å²) in [5.41, 5.74) is 3.70. The predicted octanol–water partition coefficient (Wildman–Crippen LogP) is 1.66. The fraction of sp³-hybridized carbons (Fsp3) is 0.318. The molecule has 1 saturated heterocycles. The first-order chi connectivity index (χ1) is 14.5. The molecule has 0 amide bonds. The molecule has 30 heavy (non-hydrogen) atoms. The number of ether oxygens (including phenoxy) is 1. The molecule has 1 aliphatic heterocycles. The Kier molecular flexibility index (Phi) is 4.77. The van der Waals surface area contributed by atoms with Gasteiger partial charge in [-0.2, -0.15) is 4.68 Å². The Morgan fingerprint density at radius 1 is 1.13 bits per heavy atom. The van der Waals surface area contributed by atoms with Gasteiger partial charge in [0.2, 0.25) is 10.5 Å². The quantitative estimate of drug-likeness (QED) is 0.510. The molecule has 8 heteroatoms. The lowest BCUT2D eigenvalue weighted by Gasteiger charge is -2.23. The number of para-hydroxylation sites is 1. The molecule has 2 aromatic heterocycles. The fourth-order valence-electron chi connectivity index (χ4n) is 4.22. The van der Waals surface area contributed by atoms with Gasteiger partial charge in [-0.05, 0) is 49.8 Å². The van der Waals surface area contributed by atoms with E-state index in [-0.39, 0.29) is 5.56 Å². The molecule has 2 aromatic carbocycles. The van der Waals surface area contributed by atoms with Crippen molar-refractivity contribution in [2.75, 3.05) is 26.3 Å². The molecule has 3 heterocycles. The van der Waals surface area contributed by atoms with Gasteiger partial charge in [-0.15, -0.1) is 5.10 Å².